The van der Waals surface area contributed by atoms with E-state index in [1.54, 1.807) is 0 Å². The molecule has 2 nitrogen and oxygen atoms in total. The number of H-pyrrole nitrogens is 1. The lowest BCUT2D eigenvalue weighted by molar-refractivity contribution is 1.29. The Morgan fingerprint density at radius 1 is 1.36 bits per heavy atom. The molecular weight excluding hydrogens is 172 g/mol. The minimum atomic E-state index is 1.10. The number of hydrogen-bond donors (Lipinski definition) is 1. The Morgan fingerprint density at radius 3 is 2.93 bits per heavy atom. The van der Waals surface area contributed by atoms with Crippen LogP contribution in [0, 0.1) is 13.5 Å². The van der Waals surface area contributed by atoms with Crippen molar-refractivity contribution in [2.75, 3.05) is 0 Å². The predicted molar refractivity (Wildman–Crippen MR) is 58.7 cm³/mol. The molecule has 2 heteroatoms. The Kier molecular flexibility index (Phi) is 2.08. The summed E-state index contributed by atoms with van der Waals surface area (Å²) in [6.45, 7) is 8.73. The second-order valence-corrected chi connectivity index (χ2v) is 3.15. The van der Waals surface area contributed by atoms with E-state index in [2.05, 4.69) is 15.9 Å². The molecule has 0 amide bonds. The number of fused-ring (bicyclic) bond motifs is 1. The first-order valence-corrected chi connectivity index (χ1v) is 4.43. The average molecular weight is 182 g/mol. The number of rotatable bonds is 1. The van der Waals surface area contributed by atoms with E-state index in [-0.39, 0.29) is 0 Å². The summed E-state index contributed by atoms with van der Waals surface area (Å²) >= 11 is 0. The van der Waals surface area contributed by atoms with Crippen molar-refractivity contribution < 1.29 is 0 Å². The Labute approximate surface area is 82.7 Å². The van der Waals surface area contributed by atoms with Crippen molar-refractivity contribution in [3.8, 4) is 0 Å². The van der Waals surface area contributed by atoms with E-state index in [1.165, 1.54) is 11.6 Å². The first-order valence-electron chi connectivity index (χ1n) is 4.43. The summed E-state index contributed by atoms with van der Waals surface area (Å²) in [6, 6.07) is 8.10. The fraction of sp³-hybridized carbons (Fsp3) is 0.0833. The highest BCUT2D eigenvalue weighted by Gasteiger charge is 2.03. The SMILES string of the molecule is [C-]#[N+]/C=C/c1c(C)[nH]c2ccccc12. The number of aryl methyl sites for hydroxylation is 1. The lowest BCUT2D eigenvalue weighted by atomic mass is 10.1. The zero-order chi connectivity index (χ0) is 9.97. The highest BCUT2D eigenvalue weighted by Crippen LogP contribution is 2.22. The molecule has 1 heterocycles. The normalized spacial score (nSPS) is 10.9. The van der Waals surface area contributed by atoms with E-state index in [9.17, 15) is 0 Å². The third-order valence-electron chi connectivity index (χ3n) is 2.26. The molecule has 0 aliphatic carbocycles. The van der Waals surface area contributed by atoms with Crippen molar-refractivity contribution in [2.24, 2.45) is 0 Å². The Bertz CT molecular complexity index is 527. The topological polar surface area (TPSA) is 20.1 Å². The highest BCUT2D eigenvalue weighted by molar-refractivity contribution is 5.90. The van der Waals surface area contributed by atoms with Gasteiger partial charge in [0, 0.05) is 16.6 Å². The van der Waals surface area contributed by atoms with Crippen molar-refractivity contribution in [1.82, 2.24) is 4.98 Å². The number of nitrogens with zero attached hydrogens (tertiary/aromatic N) is 1. The Morgan fingerprint density at radius 2 is 2.14 bits per heavy atom. The fourth-order valence-corrected chi connectivity index (χ4v) is 1.62. The van der Waals surface area contributed by atoms with Gasteiger partial charge < -0.3 is 4.98 Å². The lowest BCUT2D eigenvalue weighted by Crippen LogP contribution is -1.72. The van der Waals surface area contributed by atoms with Gasteiger partial charge >= 0.3 is 0 Å². The first kappa shape index (κ1) is 8.58. The van der Waals surface area contributed by atoms with Gasteiger partial charge in [0.05, 0.1) is 6.57 Å². The summed E-state index contributed by atoms with van der Waals surface area (Å²) in [6.07, 6.45) is 3.34. The molecule has 1 N–H and O–H groups in total. The van der Waals surface area contributed by atoms with Gasteiger partial charge in [-0.1, -0.05) is 24.3 Å². The van der Waals surface area contributed by atoms with Gasteiger partial charge in [-0.2, -0.15) is 0 Å². The Balaban J connectivity index is 2.69. The molecule has 1 aromatic heterocycles. The number of benzene rings is 1. The number of aromatic nitrogens is 1. The van der Waals surface area contributed by atoms with E-state index in [0.29, 0.717) is 0 Å². The lowest BCUT2D eigenvalue weighted by Gasteiger charge is -1.90. The van der Waals surface area contributed by atoms with Gasteiger partial charge in [0.2, 0.25) is 0 Å². The molecule has 0 aliphatic heterocycles. The summed E-state index contributed by atoms with van der Waals surface area (Å²) < 4.78 is 0. The van der Waals surface area contributed by atoms with Crippen LogP contribution in [0.15, 0.2) is 30.5 Å². The molecule has 0 saturated carbocycles. The van der Waals surface area contributed by atoms with Crippen LogP contribution in [0.3, 0.4) is 0 Å². The van der Waals surface area contributed by atoms with Crippen molar-refractivity contribution in [2.45, 2.75) is 6.92 Å². The largest absolute Gasteiger partial charge is 0.358 e. The number of hydrogen-bond acceptors (Lipinski definition) is 0. The van der Waals surface area contributed by atoms with Crippen LogP contribution in [0.5, 0.6) is 0 Å². The maximum atomic E-state index is 6.71. The van der Waals surface area contributed by atoms with Gasteiger partial charge in [0.1, 0.15) is 0 Å². The zero-order valence-electron chi connectivity index (χ0n) is 7.91. The van der Waals surface area contributed by atoms with Gasteiger partial charge in [-0.05, 0) is 18.6 Å². The van der Waals surface area contributed by atoms with Crippen LogP contribution >= 0.6 is 0 Å². The van der Waals surface area contributed by atoms with E-state index >= 15 is 0 Å². The van der Waals surface area contributed by atoms with E-state index in [0.717, 1.165) is 16.8 Å². The van der Waals surface area contributed by atoms with Crippen LogP contribution in [-0.4, -0.2) is 4.98 Å². The standard InChI is InChI=1S/C12H10N2/c1-9-10(7-8-13-2)11-5-3-4-6-12(11)14-9/h3-8,14H,1H3/b8-7+. The van der Waals surface area contributed by atoms with Gasteiger partial charge in [-0.25, -0.2) is 4.85 Å². The van der Waals surface area contributed by atoms with Gasteiger partial charge in [0.25, 0.3) is 0 Å². The molecule has 0 aliphatic rings. The Hall–Kier alpha value is -2.01. The maximum Gasteiger partial charge on any atom is 0.154 e. The zero-order valence-corrected chi connectivity index (χ0v) is 7.91. The monoisotopic (exact) mass is 182 g/mol. The second-order valence-electron chi connectivity index (χ2n) is 3.15. The van der Waals surface area contributed by atoms with Gasteiger partial charge in [-0.3, -0.25) is 0 Å². The van der Waals surface area contributed by atoms with Crippen LogP contribution in [-0.2, 0) is 0 Å². The number of aromatic amines is 1. The van der Waals surface area contributed by atoms with E-state index < -0.39 is 0 Å². The van der Waals surface area contributed by atoms with Crippen molar-refractivity contribution in [1.29, 1.82) is 0 Å². The third-order valence-corrected chi connectivity index (χ3v) is 2.26. The molecule has 0 saturated heterocycles. The first-order chi connectivity index (χ1) is 6.83. The summed E-state index contributed by atoms with van der Waals surface area (Å²) in [5.74, 6) is 0. The number of para-hydroxylation sites is 1. The molecule has 14 heavy (non-hydrogen) atoms. The van der Waals surface area contributed by atoms with Crippen molar-refractivity contribution >= 4 is 17.0 Å². The van der Waals surface area contributed by atoms with Crippen LogP contribution in [0.4, 0.5) is 0 Å². The summed E-state index contributed by atoms with van der Waals surface area (Å²) in [4.78, 5) is 6.50. The smallest absolute Gasteiger partial charge is 0.154 e. The van der Waals surface area contributed by atoms with Crippen LogP contribution in [0.2, 0.25) is 0 Å². The molecule has 0 spiro atoms. The van der Waals surface area contributed by atoms with Gasteiger partial charge in [-0.15, -0.1) is 0 Å². The molecule has 0 bridgehead atoms. The molecule has 0 unspecified atom stereocenters. The second kappa shape index (κ2) is 3.39. The summed E-state index contributed by atoms with van der Waals surface area (Å²) in [7, 11) is 0. The molecule has 0 atom stereocenters. The van der Waals surface area contributed by atoms with E-state index in [1.807, 2.05) is 31.2 Å². The highest BCUT2D eigenvalue weighted by atomic mass is 14.7. The third kappa shape index (κ3) is 1.29. The molecule has 68 valence electrons. The molecular formula is C12H10N2. The molecule has 1 aromatic carbocycles. The molecule has 0 fully saturated rings. The number of nitrogens with one attached hydrogen (secondary N) is 1. The van der Waals surface area contributed by atoms with Crippen LogP contribution < -0.4 is 0 Å². The van der Waals surface area contributed by atoms with Crippen molar-refractivity contribution in [3.63, 3.8) is 0 Å². The van der Waals surface area contributed by atoms with Gasteiger partial charge in [0.15, 0.2) is 6.20 Å². The molecule has 2 aromatic rings. The molecule has 0 radical (unpaired) electrons. The summed E-state index contributed by atoms with van der Waals surface area (Å²) in [5.41, 5.74) is 3.33. The maximum absolute atomic E-state index is 6.71. The van der Waals surface area contributed by atoms with Crippen LogP contribution in [0.1, 0.15) is 11.3 Å². The fourth-order valence-electron chi connectivity index (χ4n) is 1.62. The molecule has 2 rings (SSSR count). The average Bonchev–Trinajstić information content (AvgIpc) is 2.51. The van der Waals surface area contributed by atoms with E-state index in [4.69, 9.17) is 6.57 Å². The predicted octanol–water partition coefficient (Wildman–Crippen LogP) is 3.37. The minimum Gasteiger partial charge on any atom is -0.358 e. The minimum absolute atomic E-state index is 1.10. The van der Waals surface area contributed by atoms with Crippen molar-refractivity contribution in [3.05, 3.63) is 53.1 Å². The quantitative estimate of drug-likeness (QED) is 0.652. The summed E-state index contributed by atoms with van der Waals surface area (Å²) in [5, 5.41) is 1.17. The van der Waals surface area contributed by atoms with Crippen LogP contribution in [0.25, 0.3) is 21.8 Å².